The Morgan fingerprint density at radius 1 is 1.50 bits per heavy atom. The minimum absolute atomic E-state index is 0.0710. The fraction of sp³-hybridized carbons (Fsp3) is 0.500. The van der Waals surface area contributed by atoms with Crippen LogP contribution in [0, 0.1) is 16.7 Å². The number of benzene rings is 1. The van der Waals surface area contributed by atoms with Gasteiger partial charge in [-0.3, -0.25) is 0 Å². The van der Waals surface area contributed by atoms with Gasteiger partial charge < -0.3 is 9.64 Å². The van der Waals surface area contributed by atoms with Gasteiger partial charge in [0.25, 0.3) is 0 Å². The van der Waals surface area contributed by atoms with E-state index in [0.29, 0.717) is 0 Å². The van der Waals surface area contributed by atoms with Crippen molar-refractivity contribution in [3.63, 3.8) is 0 Å². The molecule has 4 heteroatoms. The summed E-state index contributed by atoms with van der Waals surface area (Å²) < 4.78 is 6.18. The number of methoxy groups -OCH3 is 1. The molecule has 96 valence electrons. The highest BCUT2D eigenvalue weighted by Crippen LogP contribution is 2.45. The van der Waals surface area contributed by atoms with E-state index >= 15 is 0 Å². The Hall–Kier alpha value is -1.05. The van der Waals surface area contributed by atoms with Gasteiger partial charge in [-0.1, -0.05) is 6.07 Å². The van der Waals surface area contributed by atoms with Crippen LogP contribution >= 0.6 is 15.9 Å². The van der Waals surface area contributed by atoms with Crippen molar-refractivity contribution in [3.8, 4) is 11.8 Å². The van der Waals surface area contributed by atoms with Crippen molar-refractivity contribution in [2.75, 3.05) is 20.7 Å². The Kier molecular flexibility index (Phi) is 3.94. The molecule has 3 nitrogen and oxygen atoms in total. The molecule has 0 amide bonds. The van der Waals surface area contributed by atoms with E-state index in [9.17, 15) is 0 Å². The van der Waals surface area contributed by atoms with Crippen molar-refractivity contribution in [2.24, 2.45) is 5.41 Å². The SMILES string of the molecule is COc1ccc(CN(C)CC2(C#N)CC2)cc1Br. The third kappa shape index (κ3) is 3.04. The molecule has 0 unspecified atom stereocenters. The van der Waals surface area contributed by atoms with Crippen molar-refractivity contribution in [2.45, 2.75) is 19.4 Å². The van der Waals surface area contributed by atoms with Crippen LogP contribution in [0.25, 0.3) is 0 Å². The van der Waals surface area contributed by atoms with Crippen LogP contribution in [0.2, 0.25) is 0 Å². The van der Waals surface area contributed by atoms with Crippen LogP contribution in [-0.2, 0) is 6.54 Å². The summed E-state index contributed by atoms with van der Waals surface area (Å²) in [5.41, 5.74) is 1.15. The largest absolute Gasteiger partial charge is 0.496 e. The predicted octanol–water partition coefficient (Wildman–Crippen LogP) is 3.19. The van der Waals surface area contributed by atoms with Crippen molar-refractivity contribution >= 4 is 15.9 Å². The zero-order valence-corrected chi connectivity index (χ0v) is 12.3. The molecule has 1 fully saturated rings. The average Bonchev–Trinajstić information content (AvgIpc) is 3.09. The molecule has 0 atom stereocenters. The molecule has 0 spiro atoms. The number of rotatable bonds is 5. The monoisotopic (exact) mass is 308 g/mol. The first kappa shape index (κ1) is 13.4. The predicted molar refractivity (Wildman–Crippen MR) is 74.3 cm³/mol. The second-order valence-corrected chi connectivity index (χ2v) is 5.89. The molecule has 2 rings (SSSR count). The van der Waals surface area contributed by atoms with E-state index in [1.807, 2.05) is 6.07 Å². The molecule has 1 saturated carbocycles. The van der Waals surface area contributed by atoms with Gasteiger partial charge in [0.15, 0.2) is 0 Å². The standard InChI is InChI=1S/C14H17BrN2O/c1-17(10-14(9-16)5-6-14)8-11-3-4-13(18-2)12(15)7-11/h3-4,7H,5-6,8,10H2,1-2H3. The maximum atomic E-state index is 9.08. The first-order chi connectivity index (χ1) is 8.58. The second-order valence-electron chi connectivity index (χ2n) is 5.03. The minimum atomic E-state index is -0.0710. The summed E-state index contributed by atoms with van der Waals surface area (Å²) in [4.78, 5) is 2.21. The summed E-state index contributed by atoms with van der Waals surface area (Å²) in [7, 11) is 3.73. The van der Waals surface area contributed by atoms with Crippen LogP contribution in [0.1, 0.15) is 18.4 Å². The average molecular weight is 309 g/mol. The van der Waals surface area contributed by atoms with Crippen molar-refractivity contribution < 1.29 is 4.74 Å². The molecule has 0 radical (unpaired) electrons. The quantitative estimate of drug-likeness (QED) is 0.838. The third-order valence-corrected chi connectivity index (χ3v) is 3.95. The van der Waals surface area contributed by atoms with Crippen LogP contribution in [0.5, 0.6) is 5.75 Å². The van der Waals surface area contributed by atoms with Crippen LogP contribution in [-0.4, -0.2) is 25.6 Å². The van der Waals surface area contributed by atoms with E-state index in [-0.39, 0.29) is 5.41 Å². The van der Waals surface area contributed by atoms with Gasteiger partial charge in [0, 0.05) is 13.1 Å². The van der Waals surface area contributed by atoms with Crippen LogP contribution < -0.4 is 4.74 Å². The number of nitriles is 1. The van der Waals surface area contributed by atoms with Gasteiger partial charge in [0.1, 0.15) is 5.75 Å². The van der Waals surface area contributed by atoms with Gasteiger partial charge >= 0.3 is 0 Å². The molecule has 0 N–H and O–H groups in total. The molecule has 18 heavy (non-hydrogen) atoms. The summed E-state index contributed by atoms with van der Waals surface area (Å²) in [5, 5.41) is 9.08. The molecule has 0 bridgehead atoms. The lowest BCUT2D eigenvalue weighted by Crippen LogP contribution is -2.25. The molecular weight excluding hydrogens is 292 g/mol. The third-order valence-electron chi connectivity index (χ3n) is 3.33. The lowest BCUT2D eigenvalue weighted by atomic mass is 10.1. The highest BCUT2D eigenvalue weighted by Gasteiger charge is 2.43. The fourth-order valence-corrected chi connectivity index (χ4v) is 2.74. The fourth-order valence-electron chi connectivity index (χ4n) is 2.15. The maximum absolute atomic E-state index is 9.08. The summed E-state index contributed by atoms with van der Waals surface area (Å²) >= 11 is 3.49. The number of halogens is 1. The van der Waals surface area contributed by atoms with Gasteiger partial charge in [-0.15, -0.1) is 0 Å². The van der Waals surface area contributed by atoms with Gasteiger partial charge in [-0.05, 0) is 53.5 Å². The first-order valence-electron chi connectivity index (χ1n) is 6.01. The van der Waals surface area contributed by atoms with Gasteiger partial charge in [-0.25, -0.2) is 0 Å². The summed E-state index contributed by atoms with van der Waals surface area (Å²) in [5.74, 6) is 0.845. The van der Waals surface area contributed by atoms with Crippen molar-refractivity contribution in [1.82, 2.24) is 4.90 Å². The smallest absolute Gasteiger partial charge is 0.133 e. The highest BCUT2D eigenvalue weighted by atomic mass is 79.9. The second kappa shape index (κ2) is 5.29. The minimum Gasteiger partial charge on any atom is -0.496 e. The zero-order chi connectivity index (χ0) is 13.2. The molecule has 0 aliphatic heterocycles. The Balaban J connectivity index is 1.97. The lowest BCUT2D eigenvalue weighted by Gasteiger charge is -2.19. The molecule has 1 aromatic carbocycles. The summed E-state index contributed by atoms with van der Waals surface area (Å²) in [6.45, 7) is 1.71. The zero-order valence-electron chi connectivity index (χ0n) is 10.7. The normalized spacial score (nSPS) is 16.4. The Morgan fingerprint density at radius 3 is 2.72 bits per heavy atom. The Labute approximate surface area is 116 Å². The van der Waals surface area contributed by atoms with Crippen molar-refractivity contribution in [3.05, 3.63) is 28.2 Å². The first-order valence-corrected chi connectivity index (χ1v) is 6.80. The van der Waals surface area contributed by atoms with Crippen LogP contribution in [0.15, 0.2) is 22.7 Å². The van der Waals surface area contributed by atoms with E-state index in [2.05, 4.69) is 46.1 Å². The van der Waals surface area contributed by atoms with Crippen LogP contribution in [0.4, 0.5) is 0 Å². The highest BCUT2D eigenvalue weighted by molar-refractivity contribution is 9.10. The number of hydrogen-bond acceptors (Lipinski definition) is 3. The van der Waals surface area contributed by atoms with Gasteiger partial charge in [-0.2, -0.15) is 5.26 Å². The van der Waals surface area contributed by atoms with Gasteiger partial charge in [0.05, 0.1) is 23.1 Å². The Bertz CT molecular complexity index is 477. The molecule has 0 saturated heterocycles. The number of nitrogens with zero attached hydrogens (tertiary/aromatic N) is 2. The number of ether oxygens (including phenoxy) is 1. The molecule has 1 aromatic rings. The molecule has 0 heterocycles. The maximum Gasteiger partial charge on any atom is 0.133 e. The van der Waals surface area contributed by atoms with Gasteiger partial charge in [0.2, 0.25) is 0 Å². The van der Waals surface area contributed by atoms with E-state index < -0.39 is 0 Å². The summed E-state index contributed by atoms with van der Waals surface area (Å²) in [6.07, 6.45) is 2.08. The van der Waals surface area contributed by atoms with E-state index in [1.54, 1.807) is 7.11 Å². The molecule has 1 aliphatic carbocycles. The Morgan fingerprint density at radius 2 is 2.22 bits per heavy atom. The molecule has 0 aromatic heterocycles. The molecule has 1 aliphatic rings. The summed E-state index contributed by atoms with van der Waals surface area (Å²) in [6, 6.07) is 8.52. The molecular formula is C14H17BrN2O. The topological polar surface area (TPSA) is 36.3 Å². The van der Waals surface area contributed by atoms with Crippen LogP contribution in [0.3, 0.4) is 0 Å². The van der Waals surface area contributed by atoms with E-state index in [4.69, 9.17) is 10.00 Å². The number of hydrogen-bond donors (Lipinski definition) is 0. The lowest BCUT2D eigenvalue weighted by molar-refractivity contribution is 0.286. The van der Waals surface area contributed by atoms with E-state index in [1.165, 1.54) is 5.56 Å². The van der Waals surface area contributed by atoms with E-state index in [0.717, 1.165) is 36.2 Å². The van der Waals surface area contributed by atoms with Crippen molar-refractivity contribution in [1.29, 1.82) is 5.26 Å².